The molecule has 7 nitrogen and oxygen atoms in total. The number of hydrogen-bond acceptors (Lipinski definition) is 7. The fourth-order valence-corrected chi connectivity index (χ4v) is 3.85. The van der Waals surface area contributed by atoms with Crippen LogP contribution < -0.4 is 11.1 Å². The maximum atomic E-state index is 5.91. The maximum absolute atomic E-state index is 5.91. The molecule has 1 atom stereocenters. The zero-order valence-corrected chi connectivity index (χ0v) is 16.5. The van der Waals surface area contributed by atoms with Gasteiger partial charge in [0.2, 0.25) is 5.95 Å². The number of nitrogens with zero attached hydrogens (tertiary/aromatic N) is 4. The second-order valence-electron chi connectivity index (χ2n) is 7.34. The molecule has 0 spiro atoms. The molecule has 0 bridgehead atoms. The van der Waals surface area contributed by atoms with E-state index in [0.717, 1.165) is 48.1 Å². The van der Waals surface area contributed by atoms with Gasteiger partial charge in [-0.3, -0.25) is 4.98 Å². The summed E-state index contributed by atoms with van der Waals surface area (Å²) in [6.07, 6.45) is 2.84. The molecule has 150 valence electrons. The molecule has 3 N–H and O–H groups in total. The van der Waals surface area contributed by atoms with E-state index < -0.39 is 0 Å². The van der Waals surface area contributed by atoms with Crippen molar-refractivity contribution in [3.8, 4) is 22.5 Å². The normalized spacial score (nSPS) is 16.6. The molecule has 1 saturated heterocycles. The quantitative estimate of drug-likeness (QED) is 0.545. The SMILES string of the molecule is Nc1nnc(-c2ccc3nccc(CC4CNCCO4)c3c2)c(-c2ccccc2)n1. The standard InChI is InChI=1S/C23H22N6O/c24-23-27-21(15-4-2-1-3-5-15)22(28-29-23)17-6-7-20-19(13-17)16(8-9-26-20)12-18-14-25-10-11-30-18/h1-9,13,18,25H,10-12,14H2,(H2,24,27,29). The van der Waals surface area contributed by atoms with Crippen LogP contribution in [0.15, 0.2) is 60.8 Å². The molecule has 2 aromatic heterocycles. The number of fused-ring (bicyclic) bond motifs is 1. The Morgan fingerprint density at radius 3 is 2.73 bits per heavy atom. The van der Waals surface area contributed by atoms with Crippen molar-refractivity contribution in [2.24, 2.45) is 0 Å². The molecule has 5 rings (SSSR count). The van der Waals surface area contributed by atoms with E-state index >= 15 is 0 Å². The van der Waals surface area contributed by atoms with Crippen LogP contribution in [0, 0.1) is 0 Å². The third kappa shape index (κ3) is 3.72. The lowest BCUT2D eigenvalue weighted by atomic mass is 9.98. The molecule has 1 aliphatic rings. The summed E-state index contributed by atoms with van der Waals surface area (Å²) < 4.78 is 5.91. The van der Waals surface area contributed by atoms with Crippen LogP contribution in [0.4, 0.5) is 5.95 Å². The van der Waals surface area contributed by atoms with Crippen LogP contribution in [0.5, 0.6) is 0 Å². The highest BCUT2D eigenvalue weighted by atomic mass is 16.5. The van der Waals surface area contributed by atoms with Crippen molar-refractivity contribution in [2.75, 3.05) is 25.4 Å². The van der Waals surface area contributed by atoms with Gasteiger partial charge in [0.1, 0.15) is 11.4 Å². The smallest absolute Gasteiger partial charge is 0.240 e. The largest absolute Gasteiger partial charge is 0.375 e. The Morgan fingerprint density at radius 2 is 1.90 bits per heavy atom. The van der Waals surface area contributed by atoms with Gasteiger partial charge in [0, 0.05) is 42.2 Å². The van der Waals surface area contributed by atoms with Crippen LogP contribution in [-0.2, 0) is 11.2 Å². The van der Waals surface area contributed by atoms with Crippen molar-refractivity contribution in [2.45, 2.75) is 12.5 Å². The van der Waals surface area contributed by atoms with E-state index in [1.807, 2.05) is 48.7 Å². The fourth-order valence-electron chi connectivity index (χ4n) is 3.85. The van der Waals surface area contributed by atoms with Crippen molar-refractivity contribution >= 4 is 16.9 Å². The molecule has 0 saturated carbocycles. The van der Waals surface area contributed by atoms with Crippen LogP contribution in [0.2, 0.25) is 0 Å². The molecule has 2 aromatic carbocycles. The highest BCUT2D eigenvalue weighted by molar-refractivity contribution is 5.89. The number of anilines is 1. The first-order valence-corrected chi connectivity index (χ1v) is 10.0. The van der Waals surface area contributed by atoms with Gasteiger partial charge in [-0.1, -0.05) is 36.4 Å². The van der Waals surface area contributed by atoms with Gasteiger partial charge in [-0.25, -0.2) is 4.98 Å². The summed E-state index contributed by atoms with van der Waals surface area (Å²) in [6, 6.07) is 18.1. The third-order valence-corrected chi connectivity index (χ3v) is 5.31. The Morgan fingerprint density at radius 1 is 1.00 bits per heavy atom. The van der Waals surface area contributed by atoms with E-state index in [2.05, 4.69) is 37.6 Å². The van der Waals surface area contributed by atoms with Gasteiger partial charge in [0.05, 0.1) is 18.2 Å². The van der Waals surface area contributed by atoms with Gasteiger partial charge < -0.3 is 15.8 Å². The Hall–Kier alpha value is -3.42. The second kappa shape index (κ2) is 8.14. The minimum absolute atomic E-state index is 0.155. The van der Waals surface area contributed by atoms with Crippen molar-refractivity contribution < 1.29 is 4.74 Å². The molecule has 1 aliphatic heterocycles. The van der Waals surface area contributed by atoms with Gasteiger partial charge in [0.25, 0.3) is 0 Å². The predicted octanol–water partition coefficient (Wildman–Crippen LogP) is 2.87. The topological polar surface area (TPSA) is 98.8 Å². The maximum Gasteiger partial charge on any atom is 0.240 e. The highest BCUT2D eigenvalue weighted by Crippen LogP contribution is 2.31. The molecule has 1 unspecified atom stereocenters. The molecule has 4 aromatic rings. The first kappa shape index (κ1) is 18.6. The number of nitrogens with two attached hydrogens (primary N) is 1. The Labute approximate surface area is 174 Å². The molecule has 30 heavy (non-hydrogen) atoms. The Kier molecular flexibility index (Phi) is 5.04. The van der Waals surface area contributed by atoms with Gasteiger partial charge >= 0.3 is 0 Å². The van der Waals surface area contributed by atoms with Crippen LogP contribution in [0.3, 0.4) is 0 Å². The van der Waals surface area contributed by atoms with Crippen molar-refractivity contribution in [3.63, 3.8) is 0 Å². The summed E-state index contributed by atoms with van der Waals surface area (Å²) in [7, 11) is 0. The molecule has 1 fully saturated rings. The average molecular weight is 398 g/mol. The minimum atomic E-state index is 0.155. The summed E-state index contributed by atoms with van der Waals surface area (Å²) in [6.45, 7) is 2.50. The predicted molar refractivity (Wildman–Crippen MR) is 117 cm³/mol. The van der Waals surface area contributed by atoms with E-state index in [1.165, 1.54) is 5.56 Å². The monoisotopic (exact) mass is 398 g/mol. The fraction of sp³-hybridized carbons (Fsp3) is 0.217. The van der Waals surface area contributed by atoms with Gasteiger partial charge in [-0.15, -0.1) is 10.2 Å². The van der Waals surface area contributed by atoms with Crippen molar-refractivity contribution in [1.82, 2.24) is 25.5 Å². The number of aromatic nitrogens is 4. The first-order valence-electron chi connectivity index (χ1n) is 10.0. The number of rotatable bonds is 4. The molecule has 0 radical (unpaired) electrons. The lowest BCUT2D eigenvalue weighted by molar-refractivity contribution is 0.0294. The molecule has 7 heteroatoms. The molecule has 3 heterocycles. The zero-order valence-electron chi connectivity index (χ0n) is 16.5. The zero-order chi connectivity index (χ0) is 20.3. The number of nitrogen functional groups attached to an aromatic ring is 1. The number of pyridine rings is 1. The Bertz CT molecular complexity index is 1170. The molecular weight excluding hydrogens is 376 g/mol. The number of ether oxygens (including phenoxy) is 1. The Balaban J connectivity index is 1.60. The van der Waals surface area contributed by atoms with Crippen LogP contribution >= 0.6 is 0 Å². The number of benzene rings is 2. The molecular formula is C23H22N6O. The summed E-state index contributed by atoms with van der Waals surface area (Å²) in [5.74, 6) is 0.155. The summed E-state index contributed by atoms with van der Waals surface area (Å²) in [5, 5.41) is 12.9. The van der Waals surface area contributed by atoms with E-state index in [4.69, 9.17) is 10.5 Å². The lowest BCUT2D eigenvalue weighted by Gasteiger charge is -2.24. The van der Waals surface area contributed by atoms with E-state index in [1.54, 1.807) is 0 Å². The summed E-state index contributed by atoms with van der Waals surface area (Å²) in [4.78, 5) is 9.01. The van der Waals surface area contributed by atoms with E-state index in [-0.39, 0.29) is 12.1 Å². The van der Waals surface area contributed by atoms with Gasteiger partial charge in [-0.2, -0.15) is 0 Å². The first-order chi connectivity index (χ1) is 14.8. The van der Waals surface area contributed by atoms with Crippen LogP contribution in [0.25, 0.3) is 33.4 Å². The lowest BCUT2D eigenvalue weighted by Crippen LogP contribution is -2.39. The van der Waals surface area contributed by atoms with Crippen LogP contribution in [-0.4, -0.2) is 46.0 Å². The molecule has 0 aliphatic carbocycles. The number of hydrogen-bond donors (Lipinski definition) is 2. The van der Waals surface area contributed by atoms with Crippen LogP contribution in [0.1, 0.15) is 5.56 Å². The van der Waals surface area contributed by atoms with Gasteiger partial charge in [0.15, 0.2) is 0 Å². The summed E-state index contributed by atoms with van der Waals surface area (Å²) in [5.41, 5.74) is 11.3. The number of nitrogens with one attached hydrogen (secondary N) is 1. The van der Waals surface area contributed by atoms with Crippen molar-refractivity contribution in [3.05, 3.63) is 66.4 Å². The summed E-state index contributed by atoms with van der Waals surface area (Å²) >= 11 is 0. The number of morpholine rings is 1. The molecule has 0 amide bonds. The average Bonchev–Trinajstić information content (AvgIpc) is 2.80. The minimum Gasteiger partial charge on any atom is -0.375 e. The van der Waals surface area contributed by atoms with Crippen molar-refractivity contribution in [1.29, 1.82) is 0 Å². The van der Waals surface area contributed by atoms with E-state index in [9.17, 15) is 0 Å². The second-order valence-corrected chi connectivity index (χ2v) is 7.34. The van der Waals surface area contributed by atoms with E-state index in [0.29, 0.717) is 11.4 Å². The highest BCUT2D eigenvalue weighted by Gasteiger charge is 2.17. The van der Waals surface area contributed by atoms with Gasteiger partial charge in [-0.05, 0) is 23.8 Å². The third-order valence-electron chi connectivity index (χ3n) is 5.31.